The van der Waals surface area contributed by atoms with E-state index in [2.05, 4.69) is 5.32 Å². The van der Waals surface area contributed by atoms with Crippen molar-refractivity contribution in [3.05, 3.63) is 60.2 Å². The van der Waals surface area contributed by atoms with Gasteiger partial charge in [-0.05, 0) is 24.3 Å². The molecule has 6 heteroatoms. The van der Waals surface area contributed by atoms with Crippen LogP contribution >= 0.6 is 0 Å². The van der Waals surface area contributed by atoms with Gasteiger partial charge in [0.25, 0.3) is 0 Å². The summed E-state index contributed by atoms with van der Waals surface area (Å²) in [4.78, 5) is 24.9. The van der Waals surface area contributed by atoms with Gasteiger partial charge < -0.3 is 10.2 Å². The highest BCUT2D eigenvalue weighted by Crippen LogP contribution is 2.15. The topological polar surface area (TPSA) is 49.4 Å². The molecule has 0 radical (unpaired) electrons. The summed E-state index contributed by atoms with van der Waals surface area (Å²) in [5, 5.41) is 2.43. The monoisotopic (exact) mass is 304 g/mol. The molecule has 22 heavy (non-hydrogen) atoms. The van der Waals surface area contributed by atoms with Crippen molar-refractivity contribution in [3.63, 3.8) is 0 Å². The van der Waals surface area contributed by atoms with Crippen LogP contribution in [0.2, 0.25) is 0 Å². The fourth-order valence-electron chi connectivity index (χ4n) is 1.91. The van der Waals surface area contributed by atoms with E-state index in [1.807, 2.05) is 0 Å². The zero-order valence-electron chi connectivity index (χ0n) is 11.8. The Kier molecular flexibility index (Phi) is 4.83. The van der Waals surface area contributed by atoms with Gasteiger partial charge in [0.1, 0.15) is 6.54 Å². The van der Waals surface area contributed by atoms with E-state index >= 15 is 0 Å². The largest absolute Gasteiger partial charge is 0.324 e. The maximum atomic E-state index is 13.1. The van der Waals surface area contributed by atoms with Crippen molar-refractivity contribution in [2.45, 2.75) is 6.92 Å². The Morgan fingerprint density at radius 2 is 1.73 bits per heavy atom. The zero-order valence-corrected chi connectivity index (χ0v) is 11.8. The Labute approximate surface area is 126 Å². The van der Waals surface area contributed by atoms with Gasteiger partial charge in [0.2, 0.25) is 11.8 Å². The molecule has 0 aliphatic heterocycles. The van der Waals surface area contributed by atoms with Gasteiger partial charge in [-0.2, -0.15) is 0 Å². The predicted molar refractivity (Wildman–Crippen MR) is 79.5 cm³/mol. The lowest BCUT2D eigenvalue weighted by molar-refractivity contribution is -0.120. The van der Waals surface area contributed by atoms with Crippen LogP contribution in [-0.4, -0.2) is 18.4 Å². The van der Waals surface area contributed by atoms with E-state index in [1.54, 1.807) is 30.3 Å². The van der Waals surface area contributed by atoms with Crippen molar-refractivity contribution in [1.82, 2.24) is 0 Å². The van der Waals surface area contributed by atoms with Crippen molar-refractivity contribution >= 4 is 23.2 Å². The SMILES string of the molecule is CC(=O)N(CC(=O)Nc1ccc(F)c(F)c1)c1ccccc1. The van der Waals surface area contributed by atoms with Crippen molar-refractivity contribution in [2.75, 3.05) is 16.8 Å². The van der Waals surface area contributed by atoms with E-state index in [9.17, 15) is 18.4 Å². The Balaban J connectivity index is 2.08. The number of nitrogens with zero attached hydrogens (tertiary/aromatic N) is 1. The fraction of sp³-hybridized carbons (Fsp3) is 0.125. The molecule has 0 unspecified atom stereocenters. The third kappa shape index (κ3) is 3.88. The highest BCUT2D eigenvalue weighted by molar-refractivity contribution is 6.01. The summed E-state index contributed by atoms with van der Waals surface area (Å²) in [5.41, 5.74) is 0.705. The molecule has 4 nitrogen and oxygen atoms in total. The molecule has 2 rings (SSSR count). The van der Waals surface area contributed by atoms with Crippen LogP contribution in [0.1, 0.15) is 6.92 Å². The Morgan fingerprint density at radius 1 is 1.05 bits per heavy atom. The third-order valence-corrected chi connectivity index (χ3v) is 2.95. The maximum Gasteiger partial charge on any atom is 0.244 e. The Hall–Kier alpha value is -2.76. The van der Waals surface area contributed by atoms with Gasteiger partial charge in [0.05, 0.1) is 0 Å². The number of amides is 2. The van der Waals surface area contributed by atoms with Crippen LogP contribution in [0.5, 0.6) is 0 Å². The van der Waals surface area contributed by atoms with Gasteiger partial charge in [0.15, 0.2) is 11.6 Å². The van der Waals surface area contributed by atoms with Crippen LogP contribution in [0.15, 0.2) is 48.5 Å². The average Bonchev–Trinajstić information content (AvgIpc) is 2.49. The smallest absolute Gasteiger partial charge is 0.244 e. The summed E-state index contributed by atoms with van der Waals surface area (Å²) in [6.07, 6.45) is 0. The van der Waals surface area contributed by atoms with Crippen molar-refractivity contribution < 1.29 is 18.4 Å². The first-order valence-corrected chi connectivity index (χ1v) is 6.55. The van der Waals surface area contributed by atoms with Gasteiger partial charge >= 0.3 is 0 Å². The number of halogens is 2. The van der Waals surface area contributed by atoms with Crippen LogP contribution in [0, 0.1) is 11.6 Å². The van der Waals surface area contributed by atoms with Crippen LogP contribution in [-0.2, 0) is 9.59 Å². The molecule has 0 spiro atoms. The lowest BCUT2D eigenvalue weighted by atomic mass is 10.2. The minimum Gasteiger partial charge on any atom is -0.324 e. The molecule has 0 bridgehead atoms. The summed E-state index contributed by atoms with van der Waals surface area (Å²) >= 11 is 0. The number of hydrogen-bond donors (Lipinski definition) is 1. The van der Waals surface area contributed by atoms with Crippen molar-refractivity contribution in [3.8, 4) is 0 Å². The number of carbonyl (C=O) groups excluding carboxylic acids is 2. The minimum atomic E-state index is -1.05. The zero-order chi connectivity index (χ0) is 16.1. The molecule has 0 saturated carbocycles. The number of anilines is 2. The van der Waals surface area contributed by atoms with E-state index in [-0.39, 0.29) is 18.1 Å². The summed E-state index contributed by atoms with van der Waals surface area (Å²) in [7, 11) is 0. The third-order valence-electron chi connectivity index (χ3n) is 2.95. The average molecular weight is 304 g/mol. The van der Waals surface area contributed by atoms with Crippen LogP contribution in [0.25, 0.3) is 0 Å². The molecule has 2 amide bonds. The van der Waals surface area contributed by atoms with Gasteiger partial charge in [-0.15, -0.1) is 0 Å². The molecule has 0 fully saturated rings. The Bertz CT molecular complexity index is 690. The summed E-state index contributed by atoms with van der Waals surface area (Å²) in [6, 6.07) is 11.7. The van der Waals surface area contributed by atoms with Gasteiger partial charge in [0, 0.05) is 24.4 Å². The van der Waals surface area contributed by atoms with Gasteiger partial charge in [-0.3, -0.25) is 9.59 Å². The molecule has 2 aromatic rings. The fourth-order valence-corrected chi connectivity index (χ4v) is 1.91. The standard InChI is InChI=1S/C16H14F2N2O2/c1-11(21)20(13-5-3-2-4-6-13)10-16(22)19-12-7-8-14(17)15(18)9-12/h2-9H,10H2,1H3,(H,19,22). The summed E-state index contributed by atoms with van der Waals surface area (Å²) in [6.45, 7) is 1.12. The second kappa shape index (κ2) is 6.80. The molecule has 0 aliphatic carbocycles. The van der Waals surface area contributed by atoms with Gasteiger partial charge in [-0.25, -0.2) is 8.78 Å². The molecule has 0 aliphatic rings. The van der Waals surface area contributed by atoms with E-state index in [1.165, 1.54) is 17.9 Å². The van der Waals surface area contributed by atoms with Crippen molar-refractivity contribution in [2.24, 2.45) is 0 Å². The molecule has 1 N–H and O–H groups in total. The molecule has 0 aromatic heterocycles. The number of hydrogen-bond acceptors (Lipinski definition) is 2. The summed E-state index contributed by atoms with van der Waals surface area (Å²) in [5.74, 6) is -2.85. The van der Waals surface area contributed by atoms with E-state index < -0.39 is 17.5 Å². The first-order chi connectivity index (χ1) is 10.5. The molecule has 2 aromatic carbocycles. The quantitative estimate of drug-likeness (QED) is 0.944. The normalized spacial score (nSPS) is 10.1. The van der Waals surface area contributed by atoms with E-state index in [0.717, 1.165) is 12.1 Å². The van der Waals surface area contributed by atoms with Gasteiger partial charge in [-0.1, -0.05) is 18.2 Å². The number of nitrogens with one attached hydrogen (secondary N) is 1. The van der Waals surface area contributed by atoms with E-state index in [0.29, 0.717) is 5.69 Å². The molecule has 114 valence electrons. The minimum absolute atomic E-state index is 0.125. The highest BCUT2D eigenvalue weighted by atomic mass is 19.2. The van der Waals surface area contributed by atoms with Crippen LogP contribution in [0.3, 0.4) is 0 Å². The first-order valence-electron chi connectivity index (χ1n) is 6.55. The van der Waals surface area contributed by atoms with Crippen LogP contribution < -0.4 is 10.2 Å². The maximum absolute atomic E-state index is 13.1. The molecule has 0 heterocycles. The molecular weight excluding hydrogens is 290 g/mol. The molecule has 0 atom stereocenters. The lowest BCUT2D eigenvalue weighted by Gasteiger charge is -2.20. The van der Waals surface area contributed by atoms with Crippen molar-refractivity contribution in [1.29, 1.82) is 0 Å². The lowest BCUT2D eigenvalue weighted by Crippen LogP contribution is -2.36. The number of rotatable bonds is 4. The van der Waals surface area contributed by atoms with Crippen LogP contribution in [0.4, 0.5) is 20.2 Å². The number of para-hydroxylation sites is 1. The van der Waals surface area contributed by atoms with E-state index in [4.69, 9.17) is 0 Å². The Morgan fingerprint density at radius 3 is 2.32 bits per heavy atom. The highest BCUT2D eigenvalue weighted by Gasteiger charge is 2.16. The second-order valence-electron chi connectivity index (χ2n) is 4.62. The predicted octanol–water partition coefficient (Wildman–Crippen LogP) is 2.96. The number of benzene rings is 2. The second-order valence-corrected chi connectivity index (χ2v) is 4.62. The molecule has 0 saturated heterocycles. The first kappa shape index (κ1) is 15.6. The molecular formula is C16H14F2N2O2. The summed E-state index contributed by atoms with van der Waals surface area (Å²) < 4.78 is 25.9. The number of carbonyl (C=O) groups is 2.